The van der Waals surface area contributed by atoms with Crippen LogP contribution in [0.3, 0.4) is 0 Å². The van der Waals surface area contributed by atoms with Gasteiger partial charge >= 0.3 is 0 Å². The summed E-state index contributed by atoms with van der Waals surface area (Å²) in [6, 6.07) is 7.57. The van der Waals surface area contributed by atoms with Crippen molar-refractivity contribution < 1.29 is 9.47 Å². The zero-order chi connectivity index (χ0) is 14.9. The molecule has 0 unspecified atom stereocenters. The lowest BCUT2D eigenvalue weighted by Crippen LogP contribution is -2.23. The van der Waals surface area contributed by atoms with Crippen LogP contribution in [0.15, 0.2) is 29.3 Å². The van der Waals surface area contributed by atoms with E-state index in [-0.39, 0.29) is 24.0 Å². The van der Waals surface area contributed by atoms with Crippen molar-refractivity contribution >= 4 is 35.6 Å². The third kappa shape index (κ3) is 6.83. The number of nitrogens with zero attached hydrogens (tertiary/aromatic N) is 1. The zero-order valence-electron chi connectivity index (χ0n) is 13.1. The SMILES string of the molecule is COc1ccc(NC(N)=NCCCOC2CCCC2)cc1.I. The fourth-order valence-electron chi connectivity index (χ4n) is 2.43. The second-order valence-electron chi connectivity index (χ2n) is 5.25. The van der Waals surface area contributed by atoms with Crippen molar-refractivity contribution in [2.75, 3.05) is 25.6 Å². The van der Waals surface area contributed by atoms with Crippen LogP contribution in [0.4, 0.5) is 5.69 Å². The predicted octanol–water partition coefficient (Wildman–Crippen LogP) is 3.39. The number of aliphatic imine (C=N–C) groups is 1. The molecule has 0 radical (unpaired) electrons. The van der Waals surface area contributed by atoms with Crippen LogP contribution in [0.1, 0.15) is 32.1 Å². The van der Waals surface area contributed by atoms with E-state index in [2.05, 4.69) is 10.3 Å². The summed E-state index contributed by atoms with van der Waals surface area (Å²) in [7, 11) is 1.64. The van der Waals surface area contributed by atoms with Crippen LogP contribution in [0.2, 0.25) is 0 Å². The van der Waals surface area contributed by atoms with Crippen molar-refractivity contribution in [2.45, 2.75) is 38.2 Å². The zero-order valence-corrected chi connectivity index (χ0v) is 15.4. The van der Waals surface area contributed by atoms with E-state index in [1.807, 2.05) is 24.3 Å². The van der Waals surface area contributed by atoms with Crippen LogP contribution in [-0.2, 0) is 4.74 Å². The van der Waals surface area contributed by atoms with Gasteiger partial charge in [-0.25, -0.2) is 0 Å². The molecule has 0 spiro atoms. The van der Waals surface area contributed by atoms with Gasteiger partial charge in [0.25, 0.3) is 0 Å². The molecule has 1 aliphatic rings. The molecule has 124 valence electrons. The first kappa shape index (κ1) is 19.0. The summed E-state index contributed by atoms with van der Waals surface area (Å²) in [6.45, 7) is 1.45. The first-order valence-electron chi connectivity index (χ1n) is 7.60. The Morgan fingerprint density at radius 1 is 1.27 bits per heavy atom. The van der Waals surface area contributed by atoms with Gasteiger partial charge in [-0.15, -0.1) is 24.0 Å². The number of hydrogen-bond acceptors (Lipinski definition) is 3. The Bertz CT molecular complexity index is 445. The Morgan fingerprint density at radius 2 is 1.95 bits per heavy atom. The van der Waals surface area contributed by atoms with E-state index in [4.69, 9.17) is 15.2 Å². The van der Waals surface area contributed by atoms with Crippen molar-refractivity contribution in [3.63, 3.8) is 0 Å². The normalized spacial score (nSPS) is 15.4. The largest absolute Gasteiger partial charge is 0.497 e. The monoisotopic (exact) mass is 419 g/mol. The molecule has 1 saturated carbocycles. The average molecular weight is 419 g/mol. The second kappa shape index (κ2) is 10.7. The number of methoxy groups -OCH3 is 1. The molecule has 0 aromatic heterocycles. The van der Waals surface area contributed by atoms with Crippen molar-refractivity contribution in [3.05, 3.63) is 24.3 Å². The van der Waals surface area contributed by atoms with Gasteiger partial charge < -0.3 is 20.5 Å². The first-order chi connectivity index (χ1) is 10.3. The molecule has 0 aliphatic heterocycles. The number of hydrogen-bond donors (Lipinski definition) is 2. The van der Waals surface area contributed by atoms with E-state index < -0.39 is 0 Å². The van der Waals surface area contributed by atoms with Gasteiger partial charge in [-0.3, -0.25) is 4.99 Å². The molecule has 1 aromatic rings. The summed E-state index contributed by atoms with van der Waals surface area (Å²) in [4.78, 5) is 4.30. The lowest BCUT2D eigenvalue weighted by molar-refractivity contribution is 0.0579. The molecule has 6 heteroatoms. The van der Waals surface area contributed by atoms with Crippen molar-refractivity contribution in [1.29, 1.82) is 0 Å². The molecule has 1 aliphatic carbocycles. The fourth-order valence-corrected chi connectivity index (χ4v) is 2.43. The highest BCUT2D eigenvalue weighted by molar-refractivity contribution is 14.0. The smallest absolute Gasteiger partial charge is 0.193 e. The Hall–Kier alpha value is -1.02. The molecule has 0 heterocycles. The molecule has 1 aromatic carbocycles. The van der Waals surface area contributed by atoms with Gasteiger partial charge in [-0.1, -0.05) is 12.8 Å². The Morgan fingerprint density at radius 3 is 2.59 bits per heavy atom. The third-order valence-electron chi connectivity index (χ3n) is 3.60. The van der Waals surface area contributed by atoms with Crippen LogP contribution in [0.5, 0.6) is 5.75 Å². The predicted molar refractivity (Wildman–Crippen MR) is 101 cm³/mol. The van der Waals surface area contributed by atoms with Gasteiger partial charge in [-0.2, -0.15) is 0 Å². The molecule has 5 nitrogen and oxygen atoms in total. The number of anilines is 1. The van der Waals surface area contributed by atoms with Gasteiger partial charge in [0.1, 0.15) is 5.75 Å². The Balaban J connectivity index is 0.00000242. The summed E-state index contributed by atoms with van der Waals surface area (Å²) in [6.07, 6.45) is 6.42. The maximum absolute atomic E-state index is 5.85. The van der Waals surface area contributed by atoms with Gasteiger partial charge in [0.15, 0.2) is 5.96 Å². The van der Waals surface area contributed by atoms with E-state index in [0.29, 0.717) is 18.6 Å². The summed E-state index contributed by atoms with van der Waals surface area (Å²) in [5.41, 5.74) is 6.75. The summed E-state index contributed by atoms with van der Waals surface area (Å²) >= 11 is 0. The molecule has 3 N–H and O–H groups in total. The molecule has 22 heavy (non-hydrogen) atoms. The van der Waals surface area contributed by atoms with E-state index in [0.717, 1.165) is 24.5 Å². The number of benzene rings is 1. The highest BCUT2D eigenvalue weighted by Crippen LogP contribution is 2.20. The molecule has 2 rings (SSSR count). The summed E-state index contributed by atoms with van der Waals surface area (Å²) in [5, 5.41) is 3.06. The van der Waals surface area contributed by atoms with Crippen molar-refractivity contribution in [2.24, 2.45) is 10.7 Å². The number of nitrogens with one attached hydrogen (secondary N) is 1. The van der Waals surface area contributed by atoms with Gasteiger partial charge in [0, 0.05) is 18.8 Å². The minimum Gasteiger partial charge on any atom is -0.497 e. The molecule has 0 bridgehead atoms. The minimum atomic E-state index is 0. The summed E-state index contributed by atoms with van der Waals surface area (Å²) in [5.74, 6) is 1.25. The molecular formula is C16H26IN3O2. The van der Waals surface area contributed by atoms with Crippen molar-refractivity contribution in [3.8, 4) is 5.75 Å². The van der Waals surface area contributed by atoms with E-state index in [9.17, 15) is 0 Å². The number of nitrogens with two attached hydrogens (primary N) is 1. The molecular weight excluding hydrogens is 393 g/mol. The maximum Gasteiger partial charge on any atom is 0.193 e. The van der Waals surface area contributed by atoms with Crippen molar-refractivity contribution in [1.82, 2.24) is 0 Å². The standard InChI is InChI=1S/C16H25N3O2.HI/c1-20-14-9-7-13(8-10-14)19-16(17)18-11-4-12-21-15-5-2-3-6-15;/h7-10,15H,2-6,11-12H2,1H3,(H3,17,18,19);1H. The quantitative estimate of drug-likeness (QED) is 0.308. The number of guanidine groups is 1. The van der Waals surface area contributed by atoms with Gasteiger partial charge in [0.2, 0.25) is 0 Å². The fraction of sp³-hybridized carbons (Fsp3) is 0.562. The second-order valence-corrected chi connectivity index (χ2v) is 5.25. The molecule has 0 saturated heterocycles. The lowest BCUT2D eigenvalue weighted by atomic mass is 10.3. The first-order valence-corrected chi connectivity index (χ1v) is 7.60. The van der Waals surface area contributed by atoms with Crippen LogP contribution < -0.4 is 15.8 Å². The lowest BCUT2D eigenvalue weighted by Gasteiger charge is -2.10. The molecule has 0 atom stereocenters. The Labute approximate surface area is 149 Å². The van der Waals surface area contributed by atoms with Gasteiger partial charge in [-0.05, 0) is 43.5 Å². The average Bonchev–Trinajstić information content (AvgIpc) is 3.01. The maximum atomic E-state index is 5.85. The molecule has 1 fully saturated rings. The minimum absolute atomic E-state index is 0. The third-order valence-corrected chi connectivity index (χ3v) is 3.60. The van der Waals surface area contributed by atoms with Crippen LogP contribution in [0.25, 0.3) is 0 Å². The Kier molecular flexibility index (Phi) is 9.22. The van der Waals surface area contributed by atoms with Crippen LogP contribution in [-0.4, -0.2) is 32.3 Å². The van der Waals surface area contributed by atoms with E-state index >= 15 is 0 Å². The number of halogens is 1. The topological polar surface area (TPSA) is 68.9 Å². The molecule has 0 amide bonds. The van der Waals surface area contributed by atoms with Crippen LogP contribution in [0, 0.1) is 0 Å². The number of rotatable bonds is 7. The van der Waals surface area contributed by atoms with Gasteiger partial charge in [0.05, 0.1) is 13.2 Å². The number of ether oxygens (including phenoxy) is 2. The van der Waals surface area contributed by atoms with E-state index in [1.165, 1.54) is 25.7 Å². The van der Waals surface area contributed by atoms with E-state index in [1.54, 1.807) is 7.11 Å². The highest BCUT2D eigenvalue weighted by Gasteiger charge is 2.14. The highest BCUT2D eigenvalue weighted by atomic mass is 127. The van der Waals surface area contributed by atoms with Crippen LogP contribution >= 0.6 is 24.0 Å². The summed E-state index contributed by atoms with van der Waals surface area (Å²) < 4.78 is 10.9.